The van der Waals surface area contributed by atoms with E-state index < -0.39 is 0 Å². The minimum absolute atomic E-state index is 1.18. The van der Waals surface area contributed by atoms with Gasteiger partial charge in [-0.25, -0.2) is 0 Å². The van der Waals surface area contributed by atoms with Gasteiger partial charge in [0, 0.05) is 49.0 Å². The second kappa shape index (κ2) is 33.0. The molecule has 0 spiro atoms. The molecule has 31 aromatic rings. The Morgan fingerprint density at radius 3 is 0.608 bits per heavy atom. The van der Waals surface area contributed by atoms with Gasteiger partial charge in [0.1, 0.15) is 0 Å². The topological polar surface area (TPSA) is 14.8 Å². The van der Waals surface area contributed by atoms with Gasteiger partial charge < -0.3 is 13.7 Å². The van der Waals surface area contributed by atoms with Crippen molar-refractivity contribution < 1.29 is 0 Å². The van der Waals surface area contributed by atoms with Gasteiger partial charge in [0.25, 0.3) is 0 Å². The van der Waals surface area contributed by atoms with Crippen molar-refractivity contribution in [2.24, 2.45) is 0 Å². The van der Waals surface area contributed by atoms with Crippen molar-refractivity contribution in [2.75, 3.05) is 0 Å². The van der Waals surface area contributed by atoms with Gasteiger partial charge in [-0.1, -0.05) is 461 Å². The van der Waals surface area contributed by atoms with Gasteiger partial charge in [-0.05, 0) is 256 Å². The van der Waals surface area contributed by atoms with Crippen molar-refractivity contribution >= 4 is 216 Å². The van der Waals surface area contributed by atoms with Gasteiger partial charge in [0.2, 0.25) is 0 Å². The third kappa shape index (κ3) is 12.7. The smallest absolute Gasteiger partial charge is 0.0548 e. The molecule has 3 heterocycles. The molecule has 0 atom stereocenters. The van der Waals surface area contributed by atoms with Crippen molar-refractivity contribution in [1.82, 2.24) is 13.7 Å². The number of benzene rings is 28. The van der Waals surface area contributed by atoms with Crippen LogP contribution in [0.5, 0.6) is 0 Å². The number of para-hydroxylation sites is 3. The SMILES string of the molecule is c1ccc(-n2c3ccc4ccccc4c3c3c4ccccc4ccc32)c(-c2c3ccccc3c(-c3ccc4ccccc4c3)c3ccccc23)c1.c1ccc(-n2c3ccc4ccccc4c3c3c4ccccc4ccc32)c(-c2c3ccccc3c(-c3cccc4ccccc34)c3ccccc23)c1.c1ccc(-n2c3ccc4ccccc4c3c3c4ccccc4ccc32)c(-c2c3ccccc3cc3ccccc23)c1. The fourth-order valence-electron chi connectivity index (χ4n) is 24.6. The fraction of sp³-hybridized carbons (Fsp3) is 0. The van der Waals surface area contributed by atoms with E-state index in [0.717, 1.165) is 0 Å². The minimum Gasteiger partial charge on any atom is -0.309 e. The molecule has 3 nitrogen and oxygen atoms in total. The maximum absolute atomic E-state index is 2.51. The molecule has 0 saturated heterocycles. The molecule has 143 heavy (non-hydrogen) atoms. The van der Waals surface area contributed by atoms with Crippen LogP contribution in [0.3, 0.4) is 0 Å². The van der Waals surface area contributed by atoms with Gasteiger partial charge in [0.15, 0.2) is 0 Å². The summed E-state index contributed by atoms with van der Waals surface area (Å²) < 4.78 is 7.52. The molecule has 28 aromatic carbocycles. The average molecular weight is 1810 g/mol. The van der Waals surface area contributed by atoms with Gasteiger partial charge >= 0.3 is 0 Å². The Hall–Kier alpha value is -18.8. The average Bonchev–Trinajstić information content (AvgIpc) is 1.60. The van der Waals surface area contributed by atoms with Crippen LogP contribution in [0.25, 0.3) is 289 Å². The summed E-state index contributed by atoms with van der Waals surface area (Å²) in [7, 11) is 0. The van der Waals surface area contributed by atoms with Crippen molar-refractivity contribution in [1.29, 1.82) is 0 Å². The third-order valence-corrected chi connectivity index (χ3v) is 30.6. The Labute approximate surface area is 824 Å². The first-order chi connectivity index (χ1) is 71.0. The third-order valence-electron chi connectivity index (χ3n) is 30.6. The van der Waals surface area contributed by atoms with Crippen molar-refractivity contribution in [3.05, 3.63) is 528 Å². The lowest BCUT2D eigenvalue weighted by atomic mass is 9.84. The van der Waals surface area contributed by atoms with E-state index in [2.05, 4.69) is 541 Å². The van der Waals surface area contributed by atoms with Crippen LogP contribution in [-0.2, 0) is 0 Å². The number of nitrogens with zero attached hydrogens (tertiary/aromatic N) is 3. The summed E-state index contributed by atoms with van der Waals surface area (Å²) in [6.45, 7) is 0. The number of rotatable bonds is 8. The molecule has 31 rings (SSSR count). The first-order valence-electron chi connectivity index (χ1n) is 49.6. The lowest BCUT2D eigenvalue weighted by Gasteiger charge is -2.21. The molecule has 0 amide bonds. The van der Waals surface area contributed by atoms with E-state index >= 15 is 0 Å². The zero-order valence-corrected chi connectivity index (χ0v) is 78.1. The molecule has 0 bridgehead atoms. The highest BCUT2D eigenvalue weighted by Gasteiger charge is 2.29. The van der Waals surface area contributed by atoms with Gasteiger partial charge in [-0.2, -0.15) is 0 Å². The van der Waals surface area contributed by atoms with E-state index in [0.29, 0.717) is 0 Å². The van der Waals surface area contributed by atoms with E-state index in [1.807, 2.05) is 0 Å². The Morgan fingerprint density at radius 1 is 0.105 bits per heavy atom. The highest BCUT2D eigenvalue weighted by atomic mass is 15.0. The number of hydrogen-bond acceptors (Lipinski definition) is 0. The zero-order valence-electron chi connectivity index (χ0n) is 78.1. The summed E-state index contributed by atoms with van der Waals surface area (Å²) in [5.41, 5.74) is 23.4. The molecule has 0 N–H and O–H groups in total. The second-order valence-electron chi connectivity index (χ2n) is 38.1. The maximum atomic E-state index is 2.51. The number of hydrogen-bond donors (Lipinski definition) is 0. The van der Waals surface area contributed by atoms with Gasteiger partial charge in [0.05, 0.1) is 50.2 Å². The van der Waals surface area contributed by atoms with Crippen molar-refractivity contribution in [3.63, 3.8) is 0 Å². The molecule has 0 aliphatic carbocycles. The molecule has 3 aromatic heterocycles. The quantitative estimate of drug-likeness (QED) is 0.135. The van der Waals surface area contributed by atoms with Crippen LogP contribution in [-0.4, -0.2) is 13.7 Å². The summed E-state index contributed by atoms with van der Waals surface area (Å²) in [5, 5.41) is 43.2. The van der Waals surface area contributed by atoms with Crippen molar-refractivity contribution in [3.8, 4) is 72.7 Å². The molecule has 0 saturated carbocycles. The van der Waals surface area contributed by atoms with Crippen LogP contribution in [0.15, 0.2) is 528 Å². The van der Waals surface area contributed by atoms with Crippen LogP contribution in [0.4, 0.5) is 0 Å². The first kappa shape index (κ1) is 81.4. The molecule has 0 unspecified atom stereocenters. The van der Waals surface area contributed by atoms with Crippen LogP contribution < -0.4 is 0 Å². The van der Waals surface area contributed by atoms with E-state index in [1.54, 1.807) is 0 Å². The Morgan fingerprint density at radius 2 is 0.301 bits per heavy atom. The Kier molecular flexibility index (Phi) is 18.8. The fourth-order valence-corrected chi connectivity index (χ4v) is 24.6. The minimum atomic E-state index is 1.18. The zero-order chi connectivity index (χ0) is 93.8. The van der Waals surface area contributed by atoms with Crippen molar-refractivity contribution in [2.45, 2.75) is 0 Å². The molecule has 3 heteroatoms. The predicted molar refractivity (Wildman–Crippen MR) is 615 cm³/mol. The van der Waals surface area contributed by atoms with E-state index in [9.17, 15) is 0 Å². The first-order valence-corrected chi connectivity index (χ1v) is 49.6. The van der Waals surface area contributed by atoms with E-state index in [4.69, 9.17) is 0 Å². The van der Waals surface area contributed by atoms with Gasteiger partial charge in [-0.15, -0.1) is 0 Å². The summed E-state index contributed by atoms with van der Waals surface area (Å²) in [5.74, 6) is 0. The Balaban J connectivity index is 0.000000103. The summed E-state index contributed by atoms with van der Waals surface area (Å²) >= 11 is 0. The van der Waals surface area contributed by atoms with E-state index in [-0.39, 0.29) is 0 Å². The highest BCUT2D eigenvalue weighted by Crippen LogP contribution is 2.54. The summed E-state index contributed by atoms with van der Waals surface area (Å²) in [4.78, 5) is 0. The standard InChI is InChI=1S/2C50H31N.C40H25N/c1-4-18-35-32(14-1)17-13-26-38(35)47-39-21-7-9-23-41(39)48(42-24-10-8-22-40(42)47)43-25-11-12-27-44(43)51-45-30-28-33-15-2-5-19-36(33)49(45)50-37-20-6-3-16-34(37)29-31-46(50)51;1-2-16-35-31-36(26-25-32(35)13-1)47-39-19-7-9-21-41(39)48(42-22-10-8-20-40(42)47)43-23-11-12-24-44(43)51-45-29-27-33-14-3-5-17-37(33)49(45)50-38-18-6-4-15-34(38)28-30-46(50)51;1-5-15-30-26(11-1)21-23-36-39(30)40-31-16-6-2-12-27(31)22-24-37(40)41(36)35-20-10-9-19-34(35)38-32-17-7-3-13-28(32)25-29-14-4-8-18-33(29)38/h2*1-31H;1-25H. The molecular weight excluding hydrogens is 1720 g/mol. The van der Waals surface area contributed by atoms with Crippen LogP contribution in [0.2, 0.25) is 0 Å². The summed E-state index contributed by atoms with van der Waals surface area (Å²) in [6.07, 6.45) is 0. The monoisotopic (exact) mass is 1810 g/mol. The van der Waals surface area contributed by atoms with Crippen LogP contribution in [0, 0.1) is 0 Å². The summed E-state index contributed by atoms with van der Waals surface area (Å²) in [6, 6.07) is 194. The van der Waals surface area contributed by atoms with Crippen LogP contribution in [0.1, 0.15) is 0 Å². The number of fused-ring (bicyclic) bond motifs is 29. The Bertz CT molecular complexity index is 10300. The predicted octanol–water partition coefficient (Wildman–Crippen LogP) is 38.8. The molecule has 0 fully saturated rings. The highest BCUT2D eigenvalue weighted by molar-refractivity contribution is 6.34. The molecule has 0 aliphatic heterocycles. The molecule has 0 aliphatic rings. The lowest BCUT2D eigenvalue weighted by molar-refractivity contribution is 1.18. The molecule has 0 radical (unpaired) electrons. The second-order valence-corrected chi connectivity index (χ2v) is 38.1. The maximum Gasteiger partial charge on any atom is 0.0548 e. The lowest BCUT2D eigenvalue weighted by Crippen LogP contribution is -1.99. The molecule has 662 valence electrons. The van der Waals surface area contributed by atoms with Crippen LogP contribution >= 0.6 is 0 Å². The largest absolute Gasteiger partial charge is 0.309 e. The molecular formula is C140H87N3. The van der Waals surface area contributed by atoms with Gasteiger partial charge in [-0.3, -0.25) is 0 Å². The number of aromatic nitrogens is 3. The van der Waals surface area contributed by atoms with E-state index in [1.165, 1.54) is 289 Å². The normalized spacial score (nSPS) is 11.9.